The van der Waals surface area contributed by atoms with Gasteiger partial charge in [0.1, 0.15) is 11.9 Å². The van der Waals surface area contributed by atoms with Gasteiger partial charge in [0.25, 0.3) is 0 Å². The Kier molecular flexibility index (Phi) is 8.25. The summed E-state index contributed by atoms with van der Waals surface area (Å²) < 4.78 is 0. The Hall–Kier alpha value is -0.550. The van der Waals surface area contributed by atoms with Crippen LogP contribution in [0.15, 0.2) is 30.3 Å². The van der Waals surface area contributed by atoms with Crippen LogP contribution in [0.3, 0.4) is 0 Å². The molecule has 3 nitrogen and oxygen atoms in total. The predicted molar refractivity (Wildman–Crippen MR) is 76.9 cm³/mol. The van der Waals surface area contributed by atoms with Crippen molar-refractivity contribution in [2.45, 2.75) is 39.6 Å². The van der Waals surface area contributed by atoms with Crippen molar-refractivity contribution in [2.24, 2.45) is 0 Å². The van der Waals surface area contributed by atoms with Gasteiger partial charge in [0.2, 0.25) is 0 Å². The van der Waals surface area contributed by atoms with Gasteiger partial charge in [-0.05, 0) is 25.7 Å². The van der Waals surface area contributed by atoms with Crippen LogP contribution in [0.4, 0.5) is 0 Å². The van der Waals surface area contributed by atoms with E-state index in [4.69, 9.17) is 4.84 Å². The SMILES string of the molecule is CC.CC1(C)NC(c2ccccc2)NO1.CS. The third-order valence-corrected chi connectivity index (χ3v) is 2.06. The maximum absolute atomic E-state index is 5.35. The number of hydroxylamine groups is 1. The highest BCUT2D eigenvalue weighted by molar-refractivity contribution is 7.79. The Balaban J connectivity index is 0.000000581. The van der Waals surface area contributed by atoms with Gasteiger partial charge in [-0.1, -0.05) is 44.2 Å². The number of thiol groups is 1. The first-order valence-corrected chi connectivity index (χ1v) is 6.78. The molecular formula is C13H24N2OS. The zero-order chi connectivity index (χ0) is 13.3. The molecule has 0 saturated carbocycles. The minimum Gasteiger partial charge on any atom is -0.278 e. The van der Waals surface area contributed by atoms with Crippen molar-refractivity contribution in [3.8, 4) is 0 Å². The summed E-state index contributed by atoms with van der Waals surface area (Å²) in [5.41, 5.74) is 3.85. The zero-order valence-electron chi connectivity index (χ0n) is 11.3. The highest BCUT2D eigenvalue weighted by Gasteiger charge is 2.31. The summed E-state index contributed by atoms with van der Waals surface area (Å²) >= 11 is 3.53. The van der Waals surface area contributed by atoms with E-state index in [9.17, 15) is 0 Å². The van der Waals surface area contributed by atoms with Gasteiger partial charge in [0, 0.05) is 0 Å². The molecule has 1 aromatic rings. The number of benzene rings is 1. The summed E-state index contributed by atoms with van der Waals surface area (Å²) in [6.07, 6.45) is 1.79. The van der Waals surface area contributed by atoms with Crippen molar-refractivity contribution in [1.82, 2.24) is 10.8 Å². The van der Waals surface area contributed by atoms with Crippen LogP contribution >= 0.6 is 12.6 Å². The lowest BCUT2D eigenvalue weighted by atomic mass is 10.1. The molecule has 98 valence electrons. The largest absolute Gasteiger partial charge is 0.278 e. The lowest BCUT2D eigenvalue weighted by Gasteiger charge is -2.15. The van der Waals surface area contributed by atoms with E-state index in [2.05, 4.69) is 35.6 Å². The monoisotopic (exact) mass is 256 g/mol. The predicted octanol–water partition coefficient (Wildman–Crippen LogP) is 3.12. The second-order valence-corrected chi connectivity index (χ2v) is 3.72. The molecule has 1 aliphatic heterocycles. The molecule has 1 fully saturated rings. The molecule has 1 saturated heterocycles. The fourth-order valence-corrected chi connectivity index (χ4v) is 1.41. The molecule has 17 heavy (non-hydrogen) atoms. The first-order chi connectivity index (χ1) is 8.17. The molecule has 2 N–H and O–H groups in total. The Morgan fingerprint density at radius 1 is 1.12 bits per heavy atom. The quantitative estimate of drug-likeness (QED) is 0.675. The van der Waals surface area contributed by atoms with Crippen molar-refractivity contribution < 1.29 is 4.84 Å². The van der Waals surface area contributed by atoms with Crippen LogP contribution in [0.1, 0.15) is 39.4 Å². The van der Waals surface area contributed by atoms with Gasteiger partial charge in [-0.2, -0.15) is 18.1 Å². The van der Waals surface area contributed by atoms with Crippen molar-refractivity contribution in [3.05, 3.63) is 35.9 Å². The highest BCUT2D eigenvalue weighted by Crippen LogP contribution is 2.20. The summed E-state index contributed by atoms with van der Waals surface area (Å²) in [6.45, 7) is 7.98. The molecule has 0 aliphatic carbocycles. The molecule has 1 heterocycles. The Morgan fingerprint density at radius 3 is 2.06 bits per heavy atom. The summed E-state index contributed by atoms with van der Waals surface area (Å²) in [5.74, 6) is 0. The molecule has 1 aromatic carbocycles. The molecule has 2 rings (SSSR count). The van der Waals surface area contributed by atoms with Crippen molar-refractivity contribution in [1.29, 1.82) is 0 Å². The highest BCUT2D eigenvalue weighted by atomic mass is 32.1. The Morgan fingerprint density at radius 2 is 1.65 bits per heavy atom. The van der Waals surface area contributed by atoms with Crippen LogP contribution in [-0.2, 0) is 4.84 Å². The topological polar surface area (TPSA) is 33.3 Å². The number of hydrogen-bond acceptors (Lipinski definition) is 4. The van der Waals surface area contributed by atoms with Gasteiger partial charge in [-0.15, -0.1) is 0 Å². The molecule has 4 heteroatoms. The number of rotatable bonds is 1. The van der Waals surface area contributed by atoms with Gasteiger partial charge in [0.05, 0.1) is 0 Å². The van der Waals surface area contributed by atoms with Gasteiger partial charge in [0.15, 0.2) is 0 Å². The summed E-state index contributed by atoms with van der Waals surface area (Å²) in [4.78, 5) is 5.35. The molecule has 0 aromatic heterocycles. The molecule has 1 unspecified atom stereocenters. The summed E-state index contributed by atoms with van der Waals surface area (Å²) in [5, 5.41) is 3.31. The van der Waals surface area contributed by atoms with Gasteiger partial charge in [-0.25, -0.2) is 0 Å². The molecular weight excluding hydrogens is 232 g/mol. The fraction of sp³-hybridized carbons (Fsp3) is 0.538. The minimum absolute atomic E-state index is 0.0937. The third-order valence-electron chi connectivity index (χ3n) is 2.06. The van der Waals surface area contributed by atoms with Crippen molar-refractivity contribution >= 4 is 12.6 Å². The first kappa shape index (κ1) is 16.4. The van der Waals surface area contributed by atoms with Crippen LogP contribution < -0.4 is 10.8 Å². The van der Waals surface area contributed by atoms with E-state index in [1.165, 1.54) is 5.56 Å². The average Bonchev–Trinajstić information content (AvgIpc) is 2.76. The second kappa shape index (κ2) is 8.53. The van der Waals surface area contributed by atoms with Crippen LogP contribution in [-0.4, -0.2) is 12.0 Å². The van der Waals surface area contributed by atoms with Gasteiger partial charge in [-0.3, -0.25) is 10.2 Å². The fourth-order valence-electron chi connectivity index (χ4n) is 1.41. The number of nitrogens with one attached hydrogen (secondary N) is 2. The number of hydrogen-bond donors (Lipinski definition) is 3. The van der Waals surface area contributed by atoms with Gasteiger partial charge < -0.3 is 0 Å². The van der Waals surface area contributed by atoms with Crippen LogP contribution in [0, 0.1) is 0 Å². The Labute approximate surface area is 110 Å². The van der Waals surface area contributed by atoms with E-state index in [0.29, 0.717) is 0 Å². The third kappa shape index (κ3) is 5.55. The maximum Gasteiger partial charge on any atom is 0.136 e. The molecule has 1 atom stereocenters. The first-order valence-electron chi connectivity index (χ1n) is 5.88. The van der Waals surface area contributed by atoms with Crippen LogP contribution in [0.5, 0.6) is 0 Å². The summed E-state index contributed by atoms with van der Waals surface area (Å²) in [7, 11) is 0. The summed E-state index contributed by atoms with van der Waals surface area (Å²) in [6, 6.07) is 10.2. The zero-order valence-corrected chi connectivity index (χ0v) is 12.2. The van der Waals surface area contributed by atoms with Crippen LogP contribution in [0.25, 0.3) is 0 Å². The Bertz CT molecular complexity index is 291. The van der Waals surface area contributed by atoms with E-state index in [1.807, 2.05) is 45.9 Å². The van der Waals surface area contributed by atoms with E-state index < -0.39 is 0 Å². The second-order valence-electron chi connectivity index (χ2n) is 3.72. The van der Waals surface area contributed by atoms with Crippen molar-refractivity contribution in [2.75, 3.05) is 6.26 Å². The average molecular weight is 256 g/mol. The molecule has 0 amide bonds. The standard InChI is InChI=1S/C10H14N2O.C2H6.CH4S/c1-10(2)11-9(12-13-10)8-6-4-3-5-7-8;2*1-2/h3-7,9,11-12H,1-2H3;1-2H3;2H,1H3. The normalized spacial score (nSPS) is 20.7. The smallest absolute Gasteiger partial charge is 0.136 e. The molecule has 1 aliphatic rings. The molecule has 0 bridgehead atoms. The minimum atomic E-state index is -0.291. The van der Waals surface area contributed by atoms with Crippen molar-refractivity contribution in [3.63, 3.8) is 0 Å². The lowest BCUT2D eigenvalue weighted by Crippen LogP contribution is -2.34. The molecule has 0 radical (unpaired) electrons. The molecule has 0 spiro atoms. The maximum atomic E-state index is 5.35. The van der Waals surface area contributed by atoms with Gasteiger partial charge >= 0.3 is 0 Å². The van der Waals surface area contributed by atoms with E-state index in [0.717, 1.165) is 0 Å². The van der Waals surface area contributed by atoms with Crippen LogP contribution in [0.2, 0.25) is 0 Å². The van der Waals surface area contributed by atoms with E-state index in [-0.39, 0.29) is 11.9 Å². The van der Waals surface area contributed by atoms with E-state index in [1.54, 1.807) is 6.26 Å². The lowest BCUT2D eigenvalue weighted by molar-refractivity contribution is -0.0383. The van der Waals surface area contributed by atoms with E-state index >= 15 is 0 Å².